The van der Waals surface area contributed by atoms with Gasteiger partial charge in [-0.2, -0.15) is 0 Å². The van der Waals surface area contributed by atoms with Gasteiger partial charge in [-0.3, -0.25) is 4.57 Å². The van der Waals surface area contributed by atoms with Gasteiger partial charge in [-0.15, -0.1) is 10.2 Å². The van der Waals surface area contributed by atoms with Crippen molar-refractivity contribution in [2.24, 2.45) is 0 Å². The van der Waals surface area contributed by atoms with Crippen LogP contribution in [0.2, 0.25) is 0 Å². The summed E-state index contributed by atoms with van der Waals surface area (Å²) < 4.78 is 4.54. The van der Waals surface area contributed by atoms with Crippen LogP contribution in [0.3, 0.4) is 0 Å². The Morgan fingerprint density at radius 3 is 1.34 bits per heavy atom. The fraction of sp³-hybridized carbons (Fsp3) is 0.200. The first kappa shape index (κ1) is 27.8. The van der Waals surface area contributed by atoms with Crippen molar-refractivity contribution in [1.82, 2.24) is 19.3 Å². The van der Waals surface area contributed by atoms with Crippen LogP contribution in [0.15, 0.2) is 121 Å². The Balaban J connectivity index is 1.39. The van der Waals surface area contributed by atoms with Crippen molar-refractivity contribution in [3.05, 3.63) is 132 Å². The standard InChI is InChI=1S/C40H38N4/c1-39(2,3)29-19-23-35-33(25-29)34-26-30(40(4,5)6)20-24-36(34)43(35)32-21-17-28(18-22-32)38-42-41-37(27-13-9-7-10-14-27)44(38)31-15-11-8-12-16-31/h7-26H,1-6H3. The van der Waals surface area contributed by atoms with E-state index in [9.17, 15) is 0 Å². The summed E-state index contributed by atoms with van der Waals surface area (Å²) >= 11 is 0. The van der Waals surface area contributed by atoms with E-state index in [-0.39, 0.29) is 10.8 Å². The fourth-order valence-electron chi connectivity index (χ4n) is 6.06. The van der Waals surface area contributed by atoms with Crippen LogP contribution < -0.4 is 0 Å². The third-order valence-electron chi connectivity index (χ3n) is 8.59. The zero-order valence-electron chi connectivity index (χ0n) is 26.3. The van der Waals surface area contributed by atoms with Crippen molar-refractivity contribution >= 4 is 21.8 Å². The summed E-state index contributed by atoms with van der Waals surface area (Å²) in [6.07, 6.45) is 0. The van der Waals surface area contributed by atoms with Gasteiger partial charge in [-0.25, -0.2) is 0 Å². The molecule has 0 atom stereocenters. The van der Waals surface area contributed by atoms with E-state index in [1.807, 2.05) is 24.3 Å². The van der Waals surface area contributed by atoms with Gasteiger partial charge < -0.3 is 4.57 Å². The predicted octanol–water partition coefficient (Wildman–Crippen LogP) is 10.3. The van der Waals surface area contributed by atoms with Crippen LogP contribution in [0.25, 0.3) is 56.0 Å². The van der Waals surface area contributed by atoms with Crippen LogP contribution >= 0.6 is 0 Å². The first-order valence-corrected chi connectivity index (χ1v) is 15.4. The Hall–Kier alpha value is -4.96. The lowest BCUT2D eigenvalue weighted by atomic mass is 9.85. The second-order valence-electron chi connectivity index (χ2n) is 13.7. The minimum Gasteiger partial charge on any atom is -0.309 e. The summed E-state index contributed by atoms with van der Waals surface area (Å²) in [6, 6.07) is 43.3. The maximum atomic E-state index is 4.70. The van der Waals surface area contributed by atoms with Crippen molar-refractivity contribution in [2.75, 3.05) is 0 Å². The molecular formula is C40H38N4. The molecule has 44 heavy (non-hydrogen) atoms. The van der Waals surface area contributed by atoms with E-state index in [0.717, 1.165) is 34.2 Å². The fourth-order valence-corrected chi connectivity index (χ4v) is 6.06. The number of benzene rings is 5. The topological polar surface area (TPSA) is 35.6 Å². The zero-order chi connectivity index (χ0) is 30.6. The molecule has 0 spiro atoms. The van der Waals surface area contributed by atoms with Gasteiger partial charge in [0.2, 0.25) is 0 Å². The lowest BCUT2D eigenvalue weighted by Crippen LogP contribution is -2.10. The van der Waals surface area contributed by atoms with E-state index in [0.29, 0.717) is 0 Å². The molecule has 0 amide bonds. The average molecular weight is 575 g/mol. The lowest BCUT2D eigenvalue weighted by Gasteiger charge is -2.19. The van der Waals surface area contributed by atoms with E-state index in [4.69, 9.17) is 5.10 Å². The molecule has 4 nitrogen and oxygen atoms in total. The van der Waals surface area contributed by atoms with Crippen LogP contribution in [0, 0.1) is 0 Å². The summed E-state index contributed by atoms with van der Waals surface area (Å²) in [6.45, 7) is 13.7. The normalized spacial score (nSPS) is 12.3. The smallest absolute Gasteiger partial charge is 0.168 e. The maximum absolute atomic E-state index is 4.70. The third kappa shape index (κ3) is 4.81. The Kier molecular flexibility index (Phi) is 6.55. The molecule has 5 aromatic carbocycles. The highest BCUT2D eigenvalue weighted by atomic mass is 15.3. The molecule has 0 radical (unpaired) electrons. The van der Waals surface area contributed by atoms with Gasteiger partial charge in [0.25, 0.3) is 0 Å². The molecule has 0 unspecified atom stereocenters. The summed E-state index contributed by atoms with van der Waals surface area (Å²) in [5, 5.41) is 11.9. The van der Waals surface area contributed by atoms with Crippen molar-refractivity contribution in [3.8, 4) is 34.2 Å². The Morgan fingerprint density at radius 2 is 0.864 bits per heavy atom. The molecule has 0 aliphatic heterocycles. The molecule has 218 valence electrons. The Bertz CT molecular complexity index is 2030. The van der Waals surface area contributed by atoms with Gasteiger partial charge in [0.05, 0.1) is 11.0 Å². The van der Waals surface area contributed by atoms with Crippen LogP contribution in [-0.4, -0.2) is 19.3 Å². The SMILES string of the molecule is CC(C)(C)c1ccc2c(c1)c1cc(C(C)(C)C)ccc1n2-c1ccc(-c2nnc(-c3ccccc3)n2-c2ccccc2)cc1. The number of hydrogen-bond acceptors (Lipinski definition) is 2. The molecule has 0 N–H and O–H groups in total. The predicted molar refractivity (Wildman–Crippen MR) is 184 cm³/mol. The number of fused-ring (bicyclic) bond motifs is 3. The summed E-state index contributed by atoms with van der Waals surface area (Å²) in [7, 11) is 0. The molecule has 2 heterocycles. The van der Waals surface area contributed by atoms with E-state index >= 15 is 0 Å². The zero-order valence-corrected chi connectivity index (χ0v) is 26.3. The molecule has 2 aromatic heterocycles. The lowest BCUT2D eigenvalue weighted by molar-refractivity contribution is 0.590. The maximum Gasteiger partial charge on any atom is 0.168 e. The molecule has 0 saturated carbocycles. The first-order chi connectivity index (χ1) is 21.1. The monoisotopic (exact) mass is 574 g/mol. The van der Waals surface area contributed by atoms with E-state index in [2.05, 4.69) is 153 Å². The molecule has 7 rings (SSSR count). The van der Waals surface area contributed by atoms with Crippen LogP contribution in [-0.2, 0) is 10.8 Å². The van der Waals surface area contributed by atoms with Gasteiger partial charge in [-0.1, -0.05) is 102 Å². The van der Waals surface area contributed by atoms with Crippen LogP contribution in [0.5, 0.6) is 0 Å². The number of nitrogens with zero attached hydrogens (tertiary/aromatic N) is 4. The molecule has 7 aromatic rings. The Labute approximate surface area is 259 Å². The van der Waals surface area contributed by atoms with E-state index in [1.165, 1.54) is 32.9 Å². The summed E-state index contributed by atoms with van der Waals surface area (Å²) in [4.78, 5) is 0. The van der Waals surface area contributed by atoms with Crippen LogP contribution in [0.1, 0.15) is 52.7 Å². The van der Waals surface area contributed by atoms with Gasteiger partial charge in [0.15, 0.2) is 11.6 Å². The van der Waals surface area contributed by atoms with Crippen molar-refractivity contribution in [2.45, 2.75) is 52.4 Å². The molecule has 0 aliphatic rings. The van der Waals surface area contributed by atoms with Crippen molar-refractivity contribution in [1.29, 1.82) is 0 Å². The second-order valence-corrected chi connectivity index (χ2v) is 13.7. The largest absolute Gasteiger partial charge is 0.309 e. The van der Waals surface area contributed by atoms with Crippen molar-refractivity contribution < 1.29 is 0 Å². The number of hydrogen-bond donors (Lipinski definition) is 0. The van der Waals surface area contributed by atoms with Gasteiger partial charge in [0, 0.05) is 33.3 Å². The van der Waals surface area contributed by atoms with E-state index in [1.54, 1.807) is 0 Å². The number of aromatic nitrogens is 4. The second kappa shape index (κ2) is 10.3. The highest BCUT2D eigenvalue weighted by molar-refractivity contribution is 6.10. The number of rotatable bonds is 4. The summed E-state index contributed by atoms with van der Waals surface area (Å²) in [5.41, 5.74) is 9.44. The average Bonchev–Trinajstić information content (AvgIpc) is 3.60. The van der Waals surface area contributed by atoms with E-state index < -0.39 is 0 Å². The quantitative estimate of drug-likeness (QED) is 0.210. The van der Waals surface area contributed by atoms with Gasteiger partial charge in [-0.05, 0) is 82.6 Å². The summed E-state index contributed by atoms with van der Waals surface area (Å²) in [5.74, 6) is 1.64. The highest BCUT2D eigenvalue weighted by Gasteiger charge is 2.22. The third-order valence-corrected chi connectivity index (χ3v) is 8.59. The molecule has 0 fully saturated rings. The molecule has 0 saturated heterocycles. The van der Waals surface area contributed by atoms with Gasteiger partial charge >= 0.3 is 0 Å². The first-order valence-electron chi connectivity index (χ1n) is 15.4. The Morgan fingerprint density at radius 1 is 0.432 bits per heavy atom. The molecule has 0 aliphatic carbocycles. The number of para-hydroxylation sites is 1. The molecule has 4 heteroatoms. The minimum absolute atomic E-state index is 0.0687. The van der Waals surface area contributed by atoms with Crippen LogP contribution in [0.4, 0.5) is 0 Å². The minimum atomic E-state index is 0.0687. The molecule has 0 bridgehead atoms. The van der Waals surface area contributed by atoms with Gasteiger partial charge in [0.1, 0.15) is 0 Å². The van der Waals surface area contributed by atoms with Crippen molar-refractivity contribution in [3.63, 3.8) is 0 Å². The highest BCUT2D eigenvalue weighted by Crippen LogP contribution is 2.38. The molecular weight excluding hydrogens is 536 g/mol.